The Morgan fingerprint density at radius 3 is 2.25 bits per heavy atom. The fourth-order valence-corrected chi connectivity index (χ4v) is 2.35. The molecule has 24 heavy (non-hydrogen) atoms. The number of ketones is 1. The second-order valence-corrected chi connectivity index (χ2v) is 5.30. The summed E-state index contributed by atoms with van der Waals surface area (Å²) in [4.78, 5) is 12.1. The number of benzene rings is 3. The van der Waals surface area contributed by atoms with Gasteiger partial charge >= 0.3 is 0 Å². The highest BCUT2D eigenvalue weighted by molar-refractivity contribution is 6.04. The van der Waals surface area contributed by atoms with Crippen LogP contribution in [0.4, 0.5) is 10.1 Å². The van der Waals surface area contributed by atoms with Crippen molar-refractivity contribution in [3.63, 3.8) is 0 Å². The summed E-state index contributed by atoms with van der Waals surface area (Å²) in [6.45, 7) is 0. The van der Waals surface area contributed by atoms with Gasteiger partial charge in [-0.15, -0.1) is 0 Å². The number of nitrogens with one attached hydrogen (secondary N) is 1. The number of halogens is 1. The summed E-state index contributed by atoms with van der Waals surface area (Å²) in [5, 5.41) is 2.88. The van der Waals surface area contributed by atoms with Crippen LogP contribution >= 0.6 is 0 Å². The van der Waals surface area contributed by atoms with Crippen LogP contribution in [0.5, 0.6) is 0 Å². The van der Waals surface area contributed by atoms with Gasteiger partial charge in [0.1, 0.15) is 5.82 Å². The van der Waals surface area contributed by atoms with Gasteiger partial charge in [-0.3, -0.25) is 4.79 Å². The molecule has 0 aliphatic rings. The Morgan fingerprint density at radius 1 is 0.833 bits per heavy atom. The van der Waals surface area contributed by atoms with E-state index < -0.39 is 0 Å². The zero-order valence-corrected chi connectivity index (χ0v) is 12.9. The van der Waals surface area contributed by atoms with Gasteiger partial charge in [0.15, 0.2) is 5.78 Å². The molecule has 0 heterocycles. The Balaban J connectivity index is 1.66. The van der Waals surface area contributed by atoms with Crippen LogP contribution in [-0.4, -0.2) is 5.78 Å². The van der Waals surface area contributed by atoms with Crippen molar-refractivity contribution in [3.8, 4) is 11.1 Å². The van der Waals surface area contributed by atoms with E-state index in [1.165, 1.54) is 24.4 Å². The maximum absolute atomic E-state index is 13.1. The maximum atomic E-state index is 13.1. The van der Waals surface area contributed by atoms with E-state index in [9.17, 15) is 9.18 Å². The Hall–Kier alpha value is -3.20. The fourth-order valence-electron chi connectivity index (χ4n) is 2.35. The third kappa shape index (κ3) is 3.96. The number of anilines is 1. The maximum Gasteiger partial charge on any atom is 0.187 e. The van der Waals surface area contributed by atoms with E-state index >= 15 is 0 Å². The molecule has 0 unspecified atom stereocenters. The molecule has 3 rings (SSSR count). The lowest BCUT2D eigenvalue weighted by atomic mass is 10.0. The van der Waals surface area contributed by atoms with Gasteiger partial charge in [-0.05, 0) is 29.3 Å². The molecule has 3 aromatic carbocycles. The van der Waals surface area contributed by atoms with Crippen LogP contribution in [0, 0.1) is 5.82 Å². The fraction of sp³-hybridized carbons (Fsp3) is 0. The van der Waals surface area contributed by atoms with Crippen LogP contribution in [0.1, 0.15) is 10.4 Å². The van der Waals surface area contributed by atoms with Gasteiger partial charge in [0.2, 0.25) is 0 Å². The second kappa shape index (κ2) is 7.38. The Labute approximate surface area is 140 Å². The number of allylic oxidation sites excluding steroid dienone is 1. The molecule has 0 bridgehead atoms. The lowest BCUT2D eigenvalue weighted by Gasteiger charge is -2.03. The SMILES string of the molecule is O=C(C=CNc1cccc(F)c1)c1ccc(-c2ccccc2)cc1. The first kappa shape index (κ1) is 15.7. The number of hydrogen-bond donors (Lipinski definition) is 1. The summed E-state index contributed by atoms with van der Waals surface area (Å²) in [5.74, 6) is -0.435. The van der Waals surface area contributed by atoms with Crippen LogP contribution in [0.25, 0.3) is 11.1 Å². The third-order valence-electron chi connectivity index (χ3n) is 3.59. The molecule has 0 atom stereocenters. The first-order valence-electron chi connectivity index (χ1n) is 7.61. The van der Waals surface area contributed by atoms with Crippen molar-refractivity contribution in [1.29, 1.82) is 0 Å². The normalized spacial score (nSPS) is 10.7. The molecule has 2 nitrogen and oxygen atoms in total. The first-order chi connectivity index (χ1) is 11.7. The largest absolute Gasteiger partial charge is 0.361 e. The minimum absolute atomic E-state index is 0.112. The number of carbonyl (C=O) groups is 1. The molecule has 3 heteroatoms. The van der Waals surface area contributed by atoms with E-state index in [2.05, 4.69) is 5.32 Å². The lowest BCUT2D eigenvalue weighted by molar-refractivity contribution is 0.104. The summed E-state index contributed by atoms with van der Waals surface area (Å²) in [5.41, 5.74) is 3.37. The summed E-state index contributed by atoms with van der Waals surface area (Å²) >= 11 is 0. The second-order valence-electron chi connectivity index (χ2n) is 5.30. The van der Waals surface area contributed by atoms with Gasteiger partial charge in [0.05, 0.1) is 0 Å². The zero-order chi connectivity index (χ0) is 16.8. The molecule has 0 fully saturated rings. The molecule has 0 saturated heterocycles. The van der Waals surface area contributed by atoms with Crippen molar-refractivity contribution in [3.05, 3.63) is 103 Å². The molecule has 0 aliphatic carbocycles. The van der Waals surface area contributed by atoms with E-state index in [0.29, 0.717) is 11.3 Å². The van der Waals surface area contributed by atoms with Crippen LogP contribution in [0.3, 0.4) is 0 Å². The van der Waals surface area contributed by atoms with Gasteiger partial charge in [0.25, 0.3) is 0 Å². The molecule has 118 valence electrons. The topological polar surface area (TPSA) is 29.1 Å². The predicted octanol–water partition coefficient (Wildman–Crippen LogP) is 5.30. The molecule has 0 radical (unpaired) electrons. The summed E-state index contributed by atoms with van der Waals surface area (Å²) in [6, 6.07) is 23.5. The van der Waals surface area contributed by atoms with Crippen molar-refractivity contribution >= 4 is 11.5 Å². The van der Waals surface area contributed by atoms with E-state index in [0.717, 1.165) is 11.1 Å². The summed E-state index contributed by atoms with van der Waals surface area (Å²) < 4.78 is 13.1. The van der Waals surface area contributed by atoms with Crippen molar-refractivity contribution in [2.45, 2.75) is 0 Å². The smallest absolute Gasteiger partial charge is 0.187 e. The van der Waals surface area contributed by atoms with E-state index in [1.54, 1.807) is 24.3 Å². The number of rotatable bonds is 5. The Bertz CT molecular complexity index is 855. The van der Waals surface area contributed by atoms with E-state index in [1.807, 2.05) is 42.5 Å². The van der Waals surface area contributed by atoms with Crippen LogP contribution in [-0.2, 0) is 0 Å². The first-order valence-corrected chi connectivity index (χ1v) is 7.61. The molecule has 0 spiro atoms. The lowest BCUT2D eigenvalue weighted by Crippen LogP contribution is -1.96. The predicted molar refractivity (Wildman–Crippen MR) is 95.4 cm³/mol. The quantitative estimate of drug-likeness (QED) is 0.511. The highest BCUT2D eigenvalue weighted by Gasteiger charge is 2.02. The highest BCUT2D eigenvalue weighted by atomic mass is 19.1. The van der Waals surface area contributed by atoms with Gasteiger partial charge in [-0.25, -0.2) is 4.39 Å². The Kier molecular flexibility index (Phi) is 4.82. The minimum Gasteiger partial charge on any atom is -0.361 e. The molecule has 0 amide bonds. The zero-order valence-electron chi connectivity index (χ0n) is 12.9. The summed E-state index contributed by atoms with van der Waals surface area (Å²) in [7, 11) is 0. The van der Waals surface area contributed by atoms with Crippen LogP contribution < -0.4 is 5.32 Å². The van der Waals surface area contributed by atoms with E-state index in [-0.39, 0.29) is 11.6 Å². The molecular weight excluding hydrogens is 301 g/mol. The van der Waals surface area contributed by atoms with Crippen LogP contribution in [0.15, 0.2) is 91.1 Å². The van der Waals surface area contributed by atoms with Crippen molar-refractivity contribution in [1.82, 2.24) is 0 Å². The van der Waals surface area contributed by atoms with E-state index in [4.69, 9.17) is 0 Å². The molecule has 0 aromatic heterocycles. The monoisotopic (exact) mass is 317 g/mol. The van der Waals surface area contributed by atoms with Crippen molar-refractivity contribution < 1.29 is 9.18 Å². The molecule has 3 aromatic rings. The average Bonchev–Trinajstić information content (AvgIpc) is 2.63. The molecule has 0 aliphatic heterocycles. The number of hydrogen-bond acceptors (Lipinski definition) is 2. The minimum atomic E-state index is -0.323. The number of carbonyl (C=O) groups excluding carboxylic acids is 1. The van der Waals surface area contributed by atoms with Crippen molar-refractivity contribution in [2.75, 3.05) is 5.32 Å². The van der Waals surface area contributed by atoms with Gasteiger partial charge < -0.3 is 5.32 Å². The van der Waals surface area contributed by atoms with Crippen molar-refractivity contribution in [2.24, 2.45) is 0 Å². The molecule has 1 N–H and O–H groups in total. The van der Waals surface area contributed by atoms with Gasteiger partial charge in [0, 0.05) is 23.5 Å². The molecular formula is C21H16FNO. The van der Waals surface area contributed by atoms with Crippen LogP contribution in [0.2, 0.25) is 0 Å². The van der Waals surface area contributed by atoms with Gasteiger partial charge in [-0.2, -0.15) is 0 Å². The Morgan fingerprint density at radius 2 is 1.54 bits per heavy atom. The standard InChI is InChI=1S/C21H16FNO/c22-19-7-4-8-20(15-19)23-14-13-21(24)18-11-9-17(10-12-18)16-5-2-1-3-6-16/h1-15,23H. The highest BCUT2D eigenvalue weighted by Crippen LogP contribution is 2.19. The molecule has 0 saturated carbocycles. The summed E-state index contributed by atoms with van der Waals surface area (Å²) in [6.07, 6.45) is 2.95. The third-order valence-corrected chi connectivity index (χ3v) is 3.59. The van der Waals surface area contributed by atoms with Gasteiger partial charge in [-0.1, -0.05) is 60.7 Å². The average molecular weight is 317 g/mol.